The first-order valence-electron chi connectivity index (χ1n) is 9.69. The standard InChI is InChI=1S/C20H23N5O4S/c1-20(2,3)30(28,29)17-11-10-16-21-24(19(27)25(16)22-17)13-18(26)23-12-6-8-14-7-4-5-9-15(14)23/h4-5,7,9-11H,6,8,12-13H2,1-3H3. The van der Waals surface area contributed by atoms with Crippen LogP contribution in [0.25, 0.3) is 5.65 Å². The first kappa shape index (κ1) is 20.3. The van der Waals surface area contributed by atoms with Gasteiger partial charge in [-0.15, -0.1) is 10.2 Å². The van der Waals surface area contributed by atoms with E-state index < -0.39 is 20.3 Å². The molecule has 0 spiro atoms. The molecule has 10 heteroatoms. The van der Waals surface area contributed by atoms with Crippen molar-refractivity contribution >= 4 is 27.1 Å². The van der Waals surface area contributed by atoms with E-state index in [1.54, 1.807) is 25.7 Å². The maximum Gasteiger partial charge on any atom is 0.367 e. The highest BCUT2D eigenvalue weighted by atomic mass is 32.2. The summed E-state index contributed by atoms with van der Waals surface area (Å²) in [4.78, 5) is 27.3. The summed E-state index contributed by atoms with van der Waals surface area (Å²) < 4.78 is 26.2. The summed E-state index contributed by atoms with van der Waals surface area (Å²) in [5.41, 5.74) is 1.47. The lowest BCUT2D eigenvalue weighted by molar-refractivity contribution is -0.119. The predicted octanol–water partition coefficient (Wildman–Crippen LogP) is 1.44. The molecule has 1 aromatic carbocycles. The summed E-state index contributed by atoms with van der Waals surface area (Å²) in [6.45, 7) is 5.02. The van der Waals surface area contributed by atoms with Crippen molar-refractivity contribution in [1.29, 1.82) is 0 Å². The molecule has 0 saturated carbocycles. The molecular formula is C20H23N5O4S. The second kappa shape index (κ2) is 7.05. The van der Waals surface area contributed by atoms with E-state index in [0.29, 0.717) is 6.54 Å². The van der Waals surface area contributed by atoms with Gasteiger partial charge in [0, 0.05) is 12.2 Å². The average molecular weight is 430 g/mol. The molecule has 0 atom stereocenters. The van der Waals surface area contributed by atoms with Crippen molar-refractivity contribution < 1.29 is 13.2 Å². The van der Waals surface area contributed by atoms with Crippen molar-refractivity contribution in [1.82, 2.24) is 19.4 Å². The van der Waals surface area contributed by atoms with Gasteiger partial charge in [-0.3, -0.25) is 4.79 Å². The highest BCUT2D eigenvalue weighted by Crippen LogP contribution is 2.27. The second-order valence-electron chi connectivity index (χ2n) is 8.28. The number of aryl methyl sites for hydroxylation is 1. The first-order chi connectivity index (χ1) is 14.1. The Morgan fingerprint density at radius 3 is 2.57 bits per heavy atom. The molecule has 4 rings (SSSR count). The SMILES string of the molecule is CC(C)(C)S(=O)(=O)c1ccc2nn(CC(=O)N3CCCc4ccccc43)c(=O)n2n1. The molecule has 158 valence electrons. The number of rotatable bonds is 3. The smallest absolute Gasteiger partial charge is 0.311 e. The van der Waals surface area contributed by atoms with Gasteiger partial charge in [0.2, 0.25) is 15.7 Å². The van der Waals surface area contributed by atoms with Gasteiger partial charge in [0.25, 0.3) is 0 Å². The third kappa shape index (κ3) is 3.30. The summed E-state index contributed by atoms with van der Waals surface area (Å²) in [5.74, 6) is -0.254. The molecule has 0 N–H and O–H groups in total. The van der Waals surface area contributed by atoms with Crippen LogP contribution in [0.15, 0.2) is 46.2 Å². The van der Waals surface area contributed by atoms with Crippen LogP contribution in [0.1, 0.15) is 32.8 Å². The van der Waals surface area contributed by atoms with E-state index in [-0.39, 0.29) is 23.1 Å². The average Bonchev–Trinajstić information content (AvgIpc) is 3.01. The normalized spacial score (nSPS) is 14.7. The predicted molar refractivity (Wildman–Crippen MR) is 111 cm³/mol. The summed E-state index contributed by atoms with van der Waals surface area (Å²) in [7, 11) is -3.73. The summed E-state index contributed by atoms with van der Waals surface area (Å²) in [6, 6.07) is 10.5. The van der Waals surface area contributed by atoms with Crippen LogP contribution in [-0.2, 0) is 27.6 Å². The zero-order valence-electron chi connectivity index (χ0n) is 17.1. The van der Waals surface area contributed by atoms with Crippen LogP contribution in [0.2, 0.25) is 0 Å². The third-order valence-electron chi connectivity index (χ3n) is 5.19. The maximum absolute atomic E-state index is 12.9. The summed E-state index contributed by atoms with van der Waals surface area (Å²) in [6.07, 6.45) is 1.75. The van der Waals surface area contributed by atoms with Crippen LogP contribution in [0.5, 0.6) is 0 Å². The molecule has 1 amide bonds. The van der Waals surface area contributed by atoms with Crippen molar-refractivity contribution in [2.24, 2.45) is 0 Å². The fourth-order valence-electron chi connectivity index (χ4n) is 3.46. The molecule has 30 heavy (non-hydrogen) atoms. The van der Waals surface area contributed by atoms with Crippen molar-refractivity contribution in [2.75, 3.05) is 11.4 Å². The Labute approximate surface area is 173 Å². The Kier molecular flexibility index (Phi) is 4.76. The first-order valence-corrected chi connectivity index (χ1v) is 11.2. The number of hydrogen-bond acceptors (Lipinski definition) is 6. The molecular weight excluding hydrogens is 406 g/mol. The summed E-state index contributed by atoms with van der Waals surface area (Å²) in [5, 5.41) is 7.94. The highest BCUT2D eigenvalue weighted by Gasteiger charge is 2.33. The number of aromatic nitrogens is 4. The van der Waals surface area contributed by atoms with Gasteiger partial charge < -0.3 is 4.90 Å². The molecule has 0 fully saturated rings. The largest absolute Gasteiger partial charge is 0.367 e. The fraction of sp³-hybridized carbons (Fsp3) is 0.400. The topological polar surface area (TPSA) is 107 Å². The van der Waals surface area contributed by atoms with E-state index in [0.717, 1.165) is 33.3 Å². The van der Waals surface area contributed by atoms with Crippen LogP contribution >= 0.6 is 0 Å². The van der Waals surface area contributed by atoms with E-state index >= 15 is 0 Å². The Hall–Kier alpha value is -3.01. The number of fused-ring (bicyclic) bond motifs is 2. The lowest BCUT2D eigenvalue weighted by atomic mass is 10.0. The van der Waals surface area contributed by atoms with Gasteiger partial charge in [-0.1, -0.05) is 18.2 Å². The molecule has 1 aliphatic rings. The molecule has 0 aliphatic carbocycles. The van der Waals surface area contributed by atoms with Crippen molar-refractivity contribution in [3.05, 3.63) is 52.4 Å². The Morgan fingerprint density at radius 2 is 1.83 bits per heavy atom. The minimum absolute atomic E-state index is 0.180. The molecule has 2 aromatic heterocycles. The van der Waals surface area contributed by atoms with Gasteiger partial charge in [0.05, 0.1) is 4.75 Å². The number of anilines is 1. The van der Waals surface area contributed by atoms with Crippen molar-refractivity contribution in [3.8, 4) is 0 Å². The molecule has 3 aromatic rings. The number of carbonyl (C=O) groups is 1. The lowest BCUT2D eigenvalue weighted by Gasteiger charge is -2.29. The van der Waals surface area contributed by atoms with E-state index in [4.69, 9.17) is 0 Å². The number of sulfone groups is 1. The molecule has 3 heterocycles. The number of carbonyl (C=O) groups excluding carboxylic acids is 1. The number of nitrogens with zero attached hydrogens (tertiary/aromatic N) is 5. The Morgan fingerprint density at radius 1 is 1.10 bits per heavy atom. The highest BCUT2D eigenvalue weighted by molar-refractivity contribution is 7.92. The molecule has 9 nitrogen and oxygen atoms in total. The van der Waals surface area contributed by atoms with Crippen LogP contribution in [0.3, 0.4) is 0 Å². The van der Waals surface area contributed by atoms with Gasteiger partial charge >= 0.3 is 5.69 Å². The lowest BCUT2D eigenvalue weighted by Crippen LogP contribution is -2.40. The Balaban J connectivity index is 1.67. The maximum atomic E-state index is 12.9. The van der Waals surface area contributed by atoms with Gasteiger partial charge in [0.15, 0.2) is 10.7 Å². The van der Waals surface area contributed by atoms with E-state index in [1.807, 2.05) is 24.3 Å². The fourth-order valence-corrected chi connectivity index (χ4v) is 4.52. The minimum atomic E-state index is -3.73. The monoisotopic (exact) mass is 429 g/mol. The van der Waals surface area contributed by atoms with Crippen LogP contribution < -0.4 is 10.6 Å². The molecule has 0 unspecified atom stereocenters. The van der Waals surface area contributed by atoms with E-state index in [1.165, 1.54) is 12.1 Å². The van der Waals surface area contributed by atoms with E-state index in [9.17, 15) is 18.0 Å². The number of hydrogen-bond donors (Lipinski definition) is 0. The van der Waals surface area contributed by atoms with Gasteiger partial charge in [0.1, 0.15) is 6.54 Å². The zero-order chi connectivity index (χ0) is 21.7. The zero-order valence-corrected chi connectivity index (χ0v) is 17.9. The van der Waals surface area contributed by atoms with Crippen LogP contribution in [0, 0.1) is 0 Å². The molecule has 1 aliphatic heterocycles. The van der Waals surface area contributed by atoms with Gasteiger partial charge in [-0.2, -0.15) is 4.52 Å². The molecule has 0 bridgehead atoms. The quantitative estimate of drug-likeness (QED) is 0.624. The van der Waals surface area contributed by atoms with Crippen LogP contribution in [0.4, 0.5) is 5.69 Å². The second-order valence-corrected chi connectivity index (χ2v) is 10.9. The van der Waals surface area contributed by atoms with Crippen molar-refractivity contribution in [3.63, 3.8) is 0 Å². The Bertz CT molecular complexity index is 1300. The van der Waals surface area contributed by atoms with E-state index in [2.05, 4.69) is 10.2 Å². The van der Waals surface area contributed by atoms with Gasteiger partial charge in [-0.25, -0.2) is 17.9 Å². The number of para-hydroxylation sites is 1. The van der Waals surface area contributed by atoms with Crippen molar-refractivity contribution in [2.45, 2.75) is 49.9 Å². The molecule has 0 saturated heterocycles. The van der Waals surface area contributed by atoms with Crippen LogP contribution in [-0.4, -0.2) is 45.0 Å². The van der Waals surface area contributed by atoms with Gasteiger partial charge in [-0.05, 0) is 57.4 Å². The minimum Gasteiger partial charge on any atom is -0.311 e. The summed E-state index contributed by atoms with van der Waals surface area (Å²) >= 11 is 0. The number of amides is 1. The number of benzene rings is 1. The third-order valence-corrected chi connectivity index (χ3v) is 7.57. The molecule has 0 radical (unpaired) electrons.